The lowest BCUT2D eigenvalue weighted by atomic mass is 9.87. The lowest BCUT2D eigenvalue weighted by Gasteiger charge is -2.24. The first-order chi connectivity index (χ1) is 22.0. The van der Waals surface area contributed by atoms with Crippen molar-refractivity contribution in [2.24, 2.45) is 5.92 Å². The van der Waals surface area contributed by atoms with E-state index in [9.17, 15) is 35.6 Å². The van der Waals surface area contributed by atoms with Gasteiger partial charge < -0.3 is 20.1 Å². The highest BCUT2D eigenvalue weighted by molar-refractivity contribution is 7.90. The van der Waals surface area contributed by atoms with Gasteiger partial charge in [-0.1, -0.05) is 12.8 Å². The molecule has 0 aromatic heterocycles. The lowest BCUT2D eigenvalue weighted by molar-refractivity contribution is -0.131. The van der Waals surface area contributed by atoms with Crippen LogP contribution in [0.4, 0.5) is 17.6 Å². The zero-order valence-electron chi connectivity index (χ0n) is 27.0. The molecule has 47 heavy (non-hydrogen) atoms. The van der Waals surface area contributed by atoms with Crippen LogP contribution in [0.2, 0.25) is 0 Å². The van der Waals surface area contributed by atoms with E-state index in [-0.39, 0.29) is 48.8 Å². The van der Waals surface area contributed by atoms with Gasteiger partial charge in [0, 0.05) is 18.5 Å². The van der Waals surface area contributed by atoms with Crippen LogP contribution in [-0.4, -0.2) is 45.3 Å². The molecule has 0 spiro atoms. The molecule has 1 aliphatic carbocycles. The zero-order chi connectivity index (χ0) is 34.8. The Morgan fingerprint density at radius 1 is 1.04 bits per heavy atom. The third-order valence-corrected chi connectivity index (χ3v) is 10.5. The molecule has 2 aliphatic rings. The SMILES string of the molecule is Cc1c(C)c(S(=O)(=O)NC(=N)NCCCC(NC(=O)C2CCCC2)C(=O)COc2c(F)c(F)cc(F)c2F)c(C)c2c1C(C)(C)OC2. The van der Waals surface area contributed by atoms with E-state index in [2.05, 4.69) is 15.4 Å². The summed E-state index contributed by atoms with van der Waals surface area (Å²) in [6.45, 7) is 8.37. The number of guanidine groups is 1. The first-order valence-corrected chi connectivity index (χ1v) is 16.9. The Balaban J connectivity index is 1.39. The molecule has 1 atom stereocenters. The quantitative estimate of drug-likeness (QED) is 0.0823. The Bertz CT molecular complexity index is 1670. The van der Waals surface area contributed by atoms with Crippen LogP contribution in [0.15, 0.2) is 11.0 Å². The molecule has 2 aromatic carbocycles. The minimum absolute atomic E-state index is 0.00681. The molecule has 1 heterocycles. The summed E-state index contributed by atoms with van der Waals surface area (Å²) in [5, 5.41) is 13.5. The number of ether oxygens (including phenoxy) is 2. The maximum atomic E-state index is 14.0. The molecule has 1 aliphatic heterocycles. The fourth-order valence-corrected chi connectivity index (χ4v) is 7.89. The molecule has 4 rings (SSSR count). The van der Waals surface area contributed by atoms with Crippen LogP contribution in [0.3, 0.4) is 0 Å². The van der Waals surface area contributed by atoms with E-state index in [1.807, 2.05) is 20.8 Å². The molecule has 1 saturated carbocycles. The van der Waals surface area contributed by atoms with Gasteiger partial charge in [0.25, 0.3) is 10.0 Å². The number of rotatable bonds is 12. The van der Waals surface area contributed by atoms with Crippen molar-refractivity contribution < 1.29 is 45.0 Å². The maximum Gasteiger partial charge on any atom is 0.264 e. The molecule has 1 fully saturated rings. The molecule has 258 valence electrons. The van der Waals surface area contributed by atoms with Gasteiger partial charge in [0.05, 0.1) is 23.1 Å². The Morgan fingerprint density at radius 2 is 1.66 bits per heavy atom. The van der Waals surface area contributed by atoms with E-state index in [0.29, 0.717) is 24.0 Å². The summed E-state index contributed by atoms with van der Waals surface area (Å²) in [7, 11) is -4.18. The van der Waals surface area contributed by atoms with Crippen LogP contribution in [0.5, 0.6) is 5.75 Å². The summed E-state index contributed by atoms with van der Waals surface area (Å²) in [6, 6.07) is -1.18. The van der Waals surface area contributed by atoms with Crippen molar-refractivity contribution in [1.29, 1.82) is 5.41 Å². The molecule has 0 radical (unpaired) electrons. The second-order valence-corrected chi connectivity index (χ2v) is 14.1. The predicted molar refractivity (Wildman–Crippen MR) is 164 cm³/mol. The summed E-state index contributed by atoms with van der Waals surface area (Å²) in [5.74, 6) is -10.4. The molecule has 0 saturated heterocycles. The van der Waals surface area contributed by atoms with E-state index in [1.54, 1.807) is 13.8 Å². The molecule has 0 bridgehead atoms. The highest BCUT2D eigenvalue weighted by Crippen LogP contribution is 2.43. The van der Waals surface area contributed by atoms with E-state index in [4.69, 9.17) is 14.9 Å². The predicted octanol–water partition coefficient (Wildman–Crippen LogP) is 4.84. The van der Waals surface area contributed by atoms with Crippen molar-refractivity contribution in [3.63, 3.8) is 0 Å². The van der Waals surface area contributed by atoms with Gasteiger partial charge in [-0.05, 0) is 88.1 Å². The Labute approximate surface area is 271 Å². The number of hydrogen-bond acceptors (Lipinski definition) is 7. The normalized spacial score (nSPS) is 16.4. The average Bonchev–Trinajstić information content (AvgIpc) is 3.64. The topological polar surface area (TPSA) is 147 Å². The molecule has 1 unspecified atom stereocenters. The van der Waals surface area contributed by atoms with Gasteiger partial charge in [0.15, 0.2) is 23.2 Å². The van der Waals surface area contributed by atoms with Crippen LogP contribution < -0.4 is 20.1 Å². The largest absolute Gasteiger partial charge is 0.479 e. The van der Waals surface area contributed by atoms with Gasteiger partial charge in [0.2, 0.25) is 23.5 Å². The van der Waals surface area contributed by atoms with Crippen LogP contribution in [0.25, 0.3) is 0 Å². The minimum Gasteiger partial charge on any atom is -0.479 e. The highest BCUT2D eigenvalue weighted by Gasteiger charge is 2.38. The number of nitrogens with one attached hydrogen (secondary N) is 4. The Kier molecular flexibility index (Phi) is 10.9. The monoisotopic (exact) mass is 684 g/mol. The second-order valence-electron chi connectivity index (χ2n) is 12.5. The molecule has 10 nitrogen and oxygen atoms in total. The van der Waals surface area contributed by atoms with Crippen LogP contribution in [0.1, 0.15) is 80.2 Å². The number of ketones is 1. The van der Waals surface area contributed by atoms with E-state index >= 15 is 0 Å². The number of amides is 1. The van der Waals surface area contributed by atoms with Gasteiger partial charge in [-0.25, -0.2) is 21.9 Å². The third-order valence-electron chi connectivity index (χ3n) is 8.89. The van der Waals surface area contributed by atoms with Gasteiger partial charge in [0.1, 0.15) is 6.61 Å². The summed E-state index contributed by atoms with van der Waals surface area (Å²) in [6.07, 6.45) is 3.09. The number of hydrogen-bond donors (Lipinski definition) is 4. The fourth-order valence-electron chi connectivity index (χ4n) is 6.37. The molecule has 15 heteroatoms. The summed E-state index contributed by atoms with van der Waals surface area (Å²) in [5.41, 5.74) is 3.06. The van der Waals surface area contributed by atoms with Crippen molar-refractivity contribution >= 4 is 27.7 Å². The maximum absolute atomic E-state index is 14.0. The average molecular weight is 685 g/mol. The van der Waals surface area contributed by atoms with E-state index in [1.165, 1.54) is 0 Å². The van der Waals surface area contributed by atoms with Crippen LogP contribution in [-0.2, 0) is 36.6 Å². The first kappa shape index (κ1) is 36.1. The van der Waals surface area contributed by atoms with Crippen molar-refractivity contribution in [2.75, 3.05) is 13.2 Å². The third kappa shape index (κ3) is 7.72. The van der Waals surface area contributed by atoms with Crippen LogP contribution in [0, 0.1) is 55.4 Å². The Morgan fingerprint density at radius 3 is 2.28 bits per heavy atom. The summed E-state index contributed by atoms with van der Waals surface area (Å²) >= 11 is 0. The molecule has 2 aromatic rings. The fraction of sp³-hybridized carbons (Fsp3) is 0.531. The molecule has 4 N–H and O–H groups in total. The van der Waals surface area contributed by atoms with Crippen molar-refractivity contribution in [2.45, 2.75) is 96.3 Å². The summed E-state index contributed by atoms with van der Waals surface area (Å²) in [4.78, 5) is 25.9. The smallest absolute Gasteiger partial charge is 0.264 e. The number of carbonyl (C=O) groups excluding carboxylic acids is 2. The van der Waals surface area contributed by atoms with Crippen molar-refractivity contribution in [1.82, 2.24) is 15.4 Å². The number of halogens is 4. The molecular formula is C32H40F4N4O6S. The number of carbonyl (C=O) groups is 2. The number of Topliss-reactive ketones (excluding diaryl/α,β-unsaturated/α-hetero) is 1. The van der Waals surface area contributed by atoms with Gasteiger partial charge in [-0.2, -0.15) is 8.78 Å². The number of fused-ring (bicyclic) bond motifs is 1. The molecule has 1 amide bonds. The minimum atomic E-state index is -4.18. The zero-order valence-corrected chi connectivity index (χ0v) is 27.8. The van der Waals surface area contributed by atoms with Crippen molar-refractivity contribution in [3.05, 3.63) is 57.2 Å². The second kappa shape index (κ2) is 14.2. The molecular weight excluding hydrogens is 644 g/mol. The number of benzene rings is 2. The first-order valence-electron chi connectivity index (χ1n) is 15.4. The summed E-state index contributed by atoms with van der Waals surface area (Å²) < 4.78 is 95.0. The van der Waals surface area contributed by atoms with Crippen LogP contribution >= 0.6 is 0 Å². The van der Waals surface area contributed by atoms with Gasteiger partial charge >= 0.3 is 0 Å². The van der Waals surface area contributed by atoms with Crippen molar-refractivity contribution in [3.8, 4) is 5.75 Å². The Hall–Kier alpha value is -3.72. The van der Waals surface area contributed by atoms with Gasteiger partial charge in [-0.3, -0.25) is 15.0 Å². The van der Waals surface area contributed by atoms with E-state index < -0.39 is 69.0 Å². The highest BCUT2D eigenvalue weighted by atomic mass is 32.2. The lowest BCUT2D eigenvalue weighted by Crippen LogP contribution is -2.46. The number of sulfonamides is 1. The van der Waals surface area contributed by atoms with E-state index in [0.717, 1.165) is 29.5 Å². The van der Waals surface area contributed by atoms with Gasteiger partial charge in [-0.15, -0.1) is 0 Å². The standard InChI is InChI=1S/C32H40F4N4O6S/c1-16-17(2)29(18(3)20-14-46-32(4,5)25(16)20)47(43,44)40-31(37)38-12-8-11-23(39-30(42)19-9-6-7-10-19)24(41)15-45-28-26(35)21(33)13-22(34)27(28)36/h13,19,23H,6-12,14-15H2,1-5H3,(H,39,42)(H3,37,38,40).